The standard InChI is InChI=1S/C5H7N3O2/c1-2-10-4(9)3-8-5(6)7/h1H,3H2,(H4,6,7,8). The lowest BCUT2D eigenvalue weighted by atomic mass is 10.6. The first-order valence-corrected chi connectivity index (χ1v) is 2.40. The fraction of sp³-hybridized carbons (Fsp3) is 0.200. The lowest BCUT2D eigenvalue weighted by Crippen LogP contribution is -2.34. The molecule has 10 heavy (non-hydrogen) atoms. The lowest BCUT2D eigenvalue weighted by Gasteiger charge is -1.98. The molecule has 0 unspecified atom stereocenters. The van der Waals surface area contributed by atoms with E-state index in [2.05, 4.69) is 16.5 Å². The summed E-state index contributed by atoms with van der Waals surface area (Å²) in [4.78, 5) is 10.4. The second kappa shape index (κ2) is 4.21. The number of terminal acetylenes is 1. The molecule has 5 nitrogen and oxygen atoms in total. The molecule has 54 valence electrons. The van der Waals surface area contributed by atoms with Crippen LogP contribution >= 0.6 is 0 Å². The van der Waals surface area contributed by atoms with E-state index in [1.165, 1.54) is 0 Å². The molecule has 0 aliphatic carbocycles. The van der Waals surface area contributed by atoms with E-state index in [0.717, 1.165) is 0 Å². The molecule has 0 aliphatic rings. The van der Waals surface area contributed by atoms with Crippen LogP contribution in [0.4, 0.5) is 0 Å². The van der Waals surface area contributed by atoms with Crippen molar-refractivity contribution in [3.8, 4) is 12.5 Å². The molecule has 0 aromatic heterocycles. The quantitative estimate of drug-likeness (QED) is 0.191. The number of esters is 1. The van der Waals surface area contributed by atoms with E-state index < -0.39 is 5.97 Å². The highest BCUT2D eigenvalue weighted by Gasteiger charge is 1.98. The Kier molecular flexibility index (Phi) is 3.49. The van der Waals surface area contributed by atoms with Gasteiger partial charge >= 0.3 is 5.97 Å². The van der Waals surface area contributed by atoms with Crippen molar-refractivity contribution in [2.45, 2.75) is 0 Å². The average Bonchev–Trinajstić information content (AvgIpc) is 1.85. The topological polar surface area (TPSA) is 88.2 Å². The molecule has 0 saturated heterocycles. The summed E-state index contributed by atoms with van der Waals surface area (Å²) in [6.07, 6.45) is 6.32. The van der Waals surface area contributed by atoms with Crippen molar-refractivity contribution in [3.63, 3.8) is 0 Å². The SMILES string of the molecule is C#COC(=O)CNC(=N)N. The maximum absolute atomic E-state index is 10.4. The van der Waals surface area contributed by atoms with Gasteiger partial charge in [-0.05, 0) is 0 Å². The van der Waals surface area contributed by atoms with Gasteiger partial charge in [-0.2, -0.15) is 0 Å². The fourth-order valence-corrected chi connectivity index (χ4v) is 0.269. The summed E-state index contributed by atoms with van der Waals surface area (Å²) in [5.41, 5.74) is 4.85. The predicted octanol–water partition coefficient (Wildman–Crippen LogP) is -1.40. The van der Waals surface area contributed by atoms with Crippen LogP contribution in [0.15, 0.2) is 0 Å². The highest BCUT2D eigenvalue weighted by molar-refractivity contribution is 5.81. The maximum Gasteiger partial charge on any atom is 0.339 e. The second-order valence-electron chi connectivity index (χ2n) is 1.36. The van der Waals surface area contributed by atoms with E-state index in [1.54, 1.807) is 6.11 Å². The van der Waals surface area contributed by atoms with E-state index in [9.17, 15) is 4.79 Å². The number of rotatable bonds is 2. The highest BCUT2D eigenvalue weighted by Crippen LogP contribution is 1.70. The first-order chi connectivity index (χ1) is 4.66. The largest absolute Gasteiger partial charge is 0.371 e. The molecule has 0 aromatic carbocycles. The summed E-state index contributed by atoms with van der Waals surface area (Å²) in [6, 6.07) is 0. The summed E-state index contributed by atoms with van der Waals surface area (Å²) >= 11 is 0. The van der Waals surface area contributed by atoms with Crippen molar-refractivity contribution < 1.29 is 9.53 Å². The van der Waals surface area contributed by atoms with Crippen molar-refractivity contribution in [1.82, 2.24) is 5.32 Å². The minimum Gasteiger partial charge on any atom is -0.371 e. The zero-order valence-electron chi connectivity index (χ0n) is 5.18. The Bertz CT molecular complexity index is 182. The van der Waals surface area contributed by atoms with Gasteiger partial charge in [0.25, 0.3) is 0 Å². The zero-order chi connectivity index (χ0) is 7.98. The third kappa shape index (κ3) is 4.46. The van der Waals surface area contributed by atoms with E-state index in [0.29, 0.717) is 0 Å². The predicted molar refractivity (Wildman–Crippen MR) is 34.8 cm³/mol. The van der Waals surface area contributed by atoms with Crippen LogP contribution in [0, 0.1) is 17.9 Å². The number of carbonyl (C=O) groups excluding carboxylic acids is 1. The van der Waals surface area contributed by atoms with E-state index >= 15 is 0 Å². The van der Waals surface area contributed by atoms with E-state index in [4.69, 9.17) is 11.1 Å². The van der Waals surface area contributed by atoms with Crippen LogP contribution in [0.5, 0.6) is 0 Å². The van der Waals surface area contributed by atoms with Crippen LogP contribution in [-0.4, -0.2) is 18.5 Å². The average molecular weight is 141 g/mol. The van der Waals surface area contributed by atoms with Gasteiger partial charge in [-0.25, -0.2) is 4.79 Å². The molecular formula is C5H7N3O2. The molecular weight excluding hydrogens is 134 g/mol. The molecule has 4 N–H and O–H groups in total. The summed E-state index contributed by atoms with van der Waals surface area (Å²) in [6.45, 7) is -0.181. The first-order valence-electron chi connectivity index (χ1n) is 2.40. The fourth-order valence-electron chi connectivity index (χ4n) is 0.269. The Labute approximate surface area is 58.0 Å². The number of carbonyl (C=O) groups is 1. The normalized spacial score (nSPS) is 7.50. The summed E-state index contributed by atoms with van der Waals surface area (Å²) in [7, 11) is 0. The third-order valence-electron chi connectivity index (χ3n) is 0.596. The first kappa shape index (κ1) is 8.30. The Morgan fingerprint density at radius 2 is 2.50 bits per heavy atom. The number of nitrogens with two attached hydrogens (primary N) is 1. The Morgan fingerprint density at radius 1 is 1.90 bits per heavy atom. The molecule has 0 radical (unpaired) electrons. The molecule has 0 atom stereocenters. The molecule has 5 heteroatoms. The molecule has 0 spiro atoms. The molecule has 0 rings (SSSR count). The van der Waals surface area contributed by atoms with Gasteiger partial charge in [-0.1, -0.05) is 6.42 Å². The smallest absolute Gasteiger partial charge is 0.339 e. The Morgan fingerprint density at radius 3 is 2.90 bits per heavy atom. The van der Waals surface area contributed by atoms with Gasteiger partial charge in [0.05, 0.1) is 0 Å². The van der Waals surface area contributed by atoms with Crippen LogP contribution in [0.25, 0.3) is 0 Å². The summed E-state index contributed by atoms with van der Waals surface area (Å²) in [5, 5.41) is 8.85. The van der Waals surface area contributed by atoms with Crippen molar-refractivity contribution in [3.05, 3.63) is 0 Å². The molecule has 0 aromatic rings. The number of guanidine groups is 1. The molecule has 0 bridgehead atoms. The van der Waals surface area contributed by atoms with Gasteiger partial charge in [0.15, 0.2) is 5.96 Å². The number of hydrogen-bond donors (Lipinski definition) is 3. The minimum atomic E-state index is -0.641. The Balaban J connectivity index is 3.42. The molecule has 0 saturated carbocycles. The monoisotopic (exact) mass is 141 g/mol. The second-order valence-corrected chi connectivity index (χ2v) is 1.36. The van der Waals surface area contributed by atoms with Gasteiger partial charge in [-0.15, -0.1) is 0 Å². The van der Waals surface area contributed by atoms with E-state index in [-0.39, 0.29) is 12.5 Å². The molecule has 0 heterocycles. The molecule has 0 amide bonds. The van der Waals surface area contributed by atoms with Gasteiger partial charge < -0.3 is 15.8 Å². The number of nitrogens with one attached hydrogen (secondary N) is 2. The van der Waals surface area contributed by atoms with Gasteiger partial charge in [0.1, 0.15) is 12.7 Å². The van der Waals surface area contributed by atoms with Gasteiger partial charge in [-0.3, -0.25) is 5.41 Å². The van der Waals surface area contributed by atoms with Crippen LogP contribution in [0.3, 0.4) is 0 Å². The Hall–Kier alpha value is -1.70. The van der Waals surface area contributed by atoms with Gasteiger partial charge in [0.2, 0.25) is 0 Å². The zero-order valence-corrected chi connectivity index (χ0v) is 5.18. The van der Waals surface area contributed by atoms with Crippen molar-refractivity contribution in [2.75, 3.05) is 6.54 Å². The van der Waals surface area contributed by atoms with Crippen LogP contribution in [0.2, 0.25) is 0 Å². The highest BCUT2D eigenvalue weighted by atomic mass is 16.5. The van der Waals surface area contributed by atoms with Crippen LogP contribution < -0.4 is 11.1 Å². The van der Waals surface area contributed by atoms with Crippen molar-refractivity contribution >= 4 is 11.9 Å². The molecule has 0 aliphatic heterocycles. The molecule has 0 fully saturated rings. The summed E-state index contributed by atoms with van der Waals surface area (Å²) in [5.74, 6) is -0.938. The van der Waals surface area contributed by atoms with Crippen LogP contribution in [-0.2, 0) is 9.53 Å². The lowest BCUT2D eigenvalue weighted by molar-refractivity contribution is -0.135. The van der Waals surface area contributed by atoms with Crippen molar-refractivity contribution in [1.29, 1.82) is 5.41 Å². The van der Waals surface area contributed by atoms with Gasteiger partial charge in [0, 0.05) is 0 Å². The third-order valence-corrected chi connectivity index (χ3v) is 0.596. The minimum absolute atomic E-state index is 0.181. The summed E-state index contributed by atoms with van der Waals surface area (Å²) < 4.78 is 4.07. The van der Waals surface area contributed by atoms with E-state index in [1.807, 2.05) is 0 Å². The number of hydrogen-bond acceptors (Lipinski definition) is 3. The van der Waals surface area contributed by atoms with Crippen LogP contribution in [0.1, 0.15) is 0 Å². The maximum atomic E-state index is 10.4. The number of ether oxygens (including phenoxy) is 1. The van der Waals surface area contributed by atoms with Crippen molar-refractivity contribution in [2.24, 2.45) is 5.73 Å².